The van der Waals surface area contributed by atoms with E-state index >= 15 is 0 Å². The third kappa shape index (κ3) is 4.94. The zero-order chi connectivity index (χ0) is 26.2. The number of aromatic nitrogens is 4. The van der Waals surface area contributed by atoms with Crippen molar-refractivity contribution in [1.29, 1.82) is 0 Å². The van der Waals surface area contributed by atoms with E-state index in [1.54, 1.807) is 64.4 Å². The van der Waals surface area contributed by atoms with Gasteiger partial charge in [0.1, 0.15) is 5.60 Å². The first-order chi connectivity index (χ1) is 17.7. The van der Waals surface area contributed by atoms with Gasteiger partial charge in [-0.25, -0.2) is 24.1 Å². The molecule has 0 spiro atoms. The number of imidazole rings is 1. The molecule has 1 aliphatic carbocycles. The molecule has 5 rings (SSSR count). The highest BCUT2D eigenvalue weighted by Gasteiger charge is 2.25. The summed E-state index contributed by atoms with van der Waals surface area (Å²) in [5.74, 6) is 1.46. The molecule has 0 N–H and O–H groups in total. The highest BCUT2D eigenvalue weighted by Crippen LogP contribution is 2.35. The third-order valence-corrected chi connectivity index (χ3v) is 6.22. The molecule has 0 atom stereocenters. The van der Waals surface area contributed by atoms with E-state index in [0.717, 1.165) is 35.8 Å². The zero-order valence-corrected chi connectivity index (χ0v) is 21.4. The minimum atomic E-state index is -0.761. The van der Waals surface area contributed by atoms with Gasteiger partial charge in [-0.15, -0.1) is 0 Å². The summed E-state index contributed by atoms with van der Waals surface area (Å²) in [5.41, 5.74) is 0.935. The number of rotatable bonds is 5. The monoisotopic (exact) mass is 502 g/mol. The van der Waals surface area contributed by atoms with E-state index in [9.17, 15) is 9.59 Å². The zero-order valence-electron chi connectivity index (χ0n) is 21.4. The first-order valence-electron chi connectivity index (χ1n) is 12.4. The van der Waals surface area contributed by atoms with E-state index in [0.29, 0.717) is 28.2 Å². The number of fused-ring (bicyclic) bond motifs is 1. The summed E-state index contributed by atoms with van der Waals surface area (Å²) in [6.45, 7) is 5.25. The van der Waals surface area contributed by atoms with Crippen molar-refractivity contribution in [1.82, 2.24) is 19.1 Å². The van der Waals surface area contributed by atoms with Crippen molar-refractivity contribution in [2.45, 2.75) is 58.2 Å². The lowest BCUT2D eigenvalue weighted by Crippen LogP contribution is -2.34. The van der Waals surface area contributed by atoms with Crippen LogP contribution in [0, 0.1) is 0 Å². The van der Waals surface area contributed by atoms with Crippen LogP contribution in [0.5, 0.6) is 11.5 Å². The molecule has 37 heavy (non-hydrogen) atoms. The molecule has 2 aromatic heterocycles. The van der Waals surface area contributed by atoms with Crippen LogP contribution in [0.2, 0.25) is 0 Å². The Labute approximate surface area is 214 Å². The van der Waals surface area contributed by atoms with Crippen LogP contribution in [0.25, 0.3) is 28.2 Å². The van der Waals surface area contributed by atoms with E-state index in [1.807, 2.05) is 18.2 Å². The number of hydrogen-bond donors (Lipinski definition) is 0. The fourth-order valence-corrected chi connectivity index (χ4v) is 4.56. The molecular weight excluding hydrogens is 472 g/mol. The van der Waals surface area contributed by atoms with Crippen molar-refractivity contribution in [3.05, 3.63) is 65.2 Å². The third-order valence-electron chi connectivity index (χ3n) is 6.22. The number of carbonyl (C=O) groups is 1. The standard InChI is InChI=1S/C28H30N4O5/c1-28(2,3)37-27(34)32-22-12-8-7-11-21(22)31(26(32)33)25-29-16-15-20(30-25)18-13-14-23(35-4)24(17-18)36-19-9-5-6-10-19/h7-8,11-17,19H,5-6,9-10H2,1-4H3. The topological polar surface area (TPSA) is 97.5 Å². The van der Waals surface area contributed by atoms with Gasteiger partial charge in [0, 0.05) is 11.8 Å². The Hall–Kier alpha value is -4.14. The van der Waals surface area contributed by atoms with Crippen LogP contribution in [-0.4, -0.2) is 44.0 Å². The molecule has 0 unspecified atom stereocenters. The summed E-state index contributed by atoms with van der Waals surface area (Å²) in [6, 6.07) is 14.4. The lowest BCUT2D eigenvalue weighted by molar-refractivity contribution is 0.0538. The lowest BCUT2D eigenvalue weighted by atomic mass is 10.1. The van der Waals surface area contributed by atoms with Gasteiger partial charge in [-0.1, -0.05) is 12.1 Å². The molecule has 9 nitrogen and oxygen atoms in total. The molecule has 0 saturated heterocycles. The minimum Gasteiger partial charge on any atom is -0.493 e. The Morgan fingerprint density at radius 3 is 2.43 bits per heavy atom. The molecule has 9 heteroatoms. The summed E-state index contributed by atoms with van der Waals surface area (Å²) in [5, 5.41) is 0. The second-order valence-corrected chi connectivity index (χ2v) is 10.1. The smallest absolute Gasteiger partial charge is 0.423 e. The average Bonchev–Trinajstić information content (AvgIpc) is 3.48. The highest BCUT2D eigenvalue weighted by atomic mass is 16.6. The Bertz CT molecular complexity index is 1510. The Morgan fingerprint density at radius 2 is 1.73 bits per heavy atom. The van der Waals surface area contributed by atoms with Crippen molar-refractivity contribution in [3.63, 3.8) is 0 Å². The lowest BCUT2D eigenvalue weighted by Gasteiger charge is -2.19. The Morgan fingerprint density at radius 1 is 1.00 bits per heavy atom. The van der Waals surface area contributed by atoms with E-state index in [-0.39, 0.29) is 12.1 Å². The van der Waals surface area contributed by atoms with Gasteiger partial charge < -0.3 is 14.2 Å². The molecule has 1 fully saturated rings. The molecule has 192 valence electrons. The van der Waals surface area contributed by atoms with Crippen LogP contribution >= 0.6 is 0 Å². The summed E-state index contributed by atoms with van der Waals surface area (Å²) >= 11 is 0. The molecule has 2 heterocycles. The predicted molar refractivity (Wildman–Crippen MR) is 140 cm³/mol. The highest BCUT2D eigenvalue weighted by molar-refractivity contribution is 5.87. The number of para-hydroxylation sites is 2. The molecule has 0 radical (unpaired) electrons. The average molecular weight is 503 g/mol. The summed E-state index contributed by atoms with van der Waals surface area (Å²) in [6.07, 6.45) is 5.37. The molecule has 4 aromatic rings. The number of benzene rings is 2. The normalized spacial score (nSPS) is 14.2. The van der Waals surface area contributed by atoms with Gasteiger partial charge in [0.25, 0.3) is 0 Å². The summed E-state index contributed by atoms with van der Waals surface area (Å²) in [4.78, 5) is 35.5. The van der Waals surface area contributed by atoms with Crippen LogP contribution in [-0.2, 0) is 4.74 Å². The number of hydrogen-bond acceptors (Lipinski definition) is 7. The van der Waals surface area contributed by atoms with E-state index in [1.165, 1.54) is 4.57 Å². The number of nitrogens with zero attached hydrogens (tertiary/aromatic N) is 4. The van der Waals surface area contributed by atoms with Gasteiger partial charge in [0.15, 0.2) is 11.5 Å². The predicted octanol–water partition coefficient (Wildman–Crippen LogP) is 5.36. The molecule has 0 amide bonds. The fourth-order valence-electron chi connectivity index (χ4n) is 4.56. The van der Waals surface area contributed by atoms with E-state index in [4.69, 9.17) is 14.2 Å². The van der Waals surface area contributed by atoms with Crippen molar-refractivity contribution in [2.24, 2.45) is 0 Å². The first kappa shape index (κ1) is 24.5. The second-order valence-electron chi connectivity index (χ2n) is 10.1. The molecule has 1 aliphatic rings. The molecule has 0 bridgehead atoms. The van der Waals surface area contributed by atoms with Crippen molar-refractivity contribution in [3.8, 4) is 28.7 Å². The van der Waals surface area contributed by atoms with Crippen LogP contribution < -0.4 is 15.2 Å². The van der Waals surface area contributed by atoms with Gasteiger partial charge in [-0.2, -0.15) is 4.57 Å². The Balaban J connectivity index is 1.58. The largest absolute Gasteiger partial charge is 0.493 e. The van der Waals surface area contributed by atoms with Crippen LogP contribution in [0.3, 0.4) is 0 Å². The Kier molecular flexibility index (Phi) is 6.45. The minimum absolute atomic E-state index is 0.148. The fraction of sp³-hybridized carbons (Fsp3) is 0.357. The molecule has 1 saturated carbocycles. The van der Waals surface area contributed by atoms with Crippen LogP contribution in [0.15, 0.2) is 59.5 Å². The molecular formula is C28H30N4O5. The number of ether oxygens (including phenoxy) is 3. The first-order valence-corrected chi connectivity index (χ1v) is 12.4. The summed E-state index contributed by atoms with van der Waals surface area (Å²) < 4.78 is 19.6. The maximum atomic E-state index is 13.5. The van der Waals surface area contributed by atoms with E-state index < -0.39 is 17.4 Å². The number of methoxy groups -OCH3 is 1. The van der Waals surface area contributed by atoms with Gasteiger partial charge in [-0.3, -0.25) is 0 Å². The maximum absolute atomic E-state index is 13.5. The van der Waals surface area contributed by atoms with Crippen molar-refractivity contribution >= 4 is 17.1 Å². The van der Waals surface area contributed by atoms with Gasteiger partial charge in [0.05, 0.1) is 29.9 Å². The van der Waals surface area contributed by atoms with Gasteiger partial charge in [-0.05, 0) is 82.9 Å². The van der Waals surface area contributed by atoms with Crippen molar-refractivity contribution < 1.29 is 19.0 Å². The second kappa shape index (κ2) is 9.72. The quantitative estimate of drug-likeness (QED) is 0.362. The van der Waals surface area contributed by atoms with Crippen molar-refractivity contribution in [2.75, 3.05) is 7.11 Å². The van der Waals surface area contributed by atoms with Crippen LogP contribution in [0.1, 0.15) is 46.5 Å². The van der Waals surface area contributed by atoms with Gasteiger partial charge in [0.2, 0.25) is 5.95 Å². The molecule has 0 aliphatic heterocycles. The van der Waals surface area contributed by atoms with E-state index in [2.05, 4.69) is 9.97 Å². The summed E-state index contributed by atoms with van der Waals surface area (Å²) in [7, 11) is 1.62. The van der Waals surface area contributed by atoms with Crippen LogP contribution in [0.4, 0.5) is 4.79 Å². The number of carbonyl (C=O) groups excluding carboxylic acids is 1. The van der Waals surface area contributed by atoms with Gasteiger partial charge >= 0.3 is 11.8 Å². The maximum Gasteiger partial charge on any atom is 0.423 e. The molecule has 2 aromatic carbocycles. The SMILES string of the molecule is COc1ccc(-c2ccnc(-n3c(=O)n(C(=O)OC(C)(C)C)c4ccccc43)n2)cc1OC1CCCC1.